The molecule has 0 radical (unpaired) electrons. The highest BCUT2D eigenvalue weighted by Crippen LogP contribution is 2.34. The van der Waals surface area contributed by atoms with E-state index in [-0.39, 0.29) is 35.7 Å². The lowest BCUT2D eigenvalue weighted by molar-refractivity contribution is -0.128. The Morgan fingerprint density at radius 1 is 1.03 bits per heavy atom. The summed E-state index contributed by atoms with van der Waals surface area (Å²) < 4.78 is 13.3. The Morgan fingerprint density at radius 3 is 2.32 bits per heavy atom. The second-order valence-electron chi connectivity index (χ2n) is 8.29. The number of carbonyl (C=O) groups is 3. The Balaban J connectivity index is 1.70. The van der Waals surface area contributed by atoms with Crippen molar-refractivity contribution in [2.24, 2.45) is 5.92 Å². The van der Waals surface area contributed by atoms with Crippen LogP contribution in [0.15, 0.2) is 78.9 Å². The van der Waals surface area contributed by atoms with Crippen LogP contribution in [0.25, 0.3) is 0 Å². The van der Waals surface area contributed by atoms with Gasteiger partial charge in [0.15, 0.2) is 5.12 Å². The smallest absolute Gasteiger partial charge is 0.248 e. The van der Waals surface area contributed by atoms with Crippen molar-refractivity contribution in [3.05, 3.63) is 101 Å². The van der Waals surface area contributed by atoms with Gasteiger partial charge in [0.2, 0.25) is 11.8 Å². The number of thioether (sulfide) groups is 1. The minimum Gasteiger partial charge on any atom is -0.350 e. The lowest BCUT2D eigenvalue weighted by Crippen LogP contribution is -2.46. The van der Waals surface area contributed by atoms with Gasteiger partial charge < -0.3 is 5.32 Å². The molecular weight excluding hydrogens is 451 g/mol. The minimum atomic E-state index is -0.933. The van der Waals surface area contributed by atoms with E-state index < -0.39 is 12.0 Å². The summed E-state index contributed by atoms with van der Waals surface area (Å²) >= 11 is 1.16. The summed E-state index contributed by atoms with van der Waals surface area (Å²) in [5, 5.41) is 2.89. The first-order chi connectivity index (χ1) is 16.4. The molecule has 0 spiro atoms. The Morgan fingerprint density at radius 2 is 1.71 bits per heavy atom. The Kier molecular flexibility index (Phi) is 7.43. The summed E-state index contributed by atoms with van der Waals surface area (Å²) in [7, 11) is 0. The minimum absolute atomic E-state index is 0.0146. The van der Waals surface area contributed by atoms with E-state index in [9.17, 15) is 18.8 Å². The van der Waals surface area contributed by atoms with Crippen LogP contribution in [0, 0.1) is 18.7 Å². The largest absolute Gasteiger partial charge is 0.350 e. The fourth-order valence-electron chi connectivity index (χ4n) is 3.92. The highest BCUT2D eigenvalue weighted by molar-refractivity contribution is 8.14. The van der Waals surface area contributed by atoms with Crippen LogP contribution in [0.4, 0.5) is 10.1 Å². The first-order valence-corrected chi connectivity index (χ1v) is 12.0. The average Bonchev–Trinajstić information content (AvgIpc) is 3.29. The average molecular weight is 477 g/mol. The molecule has 174 valence electrons. The number of benzene rings is 3. The third-order valence-corrected chi connectivity index (χ3v) is 6.82. The van der Waals surface area contributed by atoms with Gasteiger partial charge >= 0.3 is 0 Å². The normalized spacial score (nSPS) is 16.2. The number of hydrogen-bond acceptors (Lipinski definition) is 4. The number of nitrogens with one attached hydrogen (secondary N) is 1. The van der Waals surface area contributed by atoms with E-state index in [2.05, 4.69) is 5.32 Å². The van der Waals surface area contributed by atoms with Crippen molar-refractivity contribution in [1.29, 1.82) is 0 Å². The molecule has 0 bridgehead atoms. The zero-order valence-corrected chi connectivity index (χ0v) is 19.6. The van der Waals surface area contributed by atoms with Crippen molar-refractivity contribution >= 4 is 34.4 Å². The van der Waals surface area contributed by atoms with Gasteiger partial charge in [-0.3, -0.25) is 19.3 Å². The maximum atomic E-state index is 13.7. The summed E-state index contributed by atoms with van der Waals surface area (Å²) in [6.07, 6.45) is 0.157. The van der Waals surface area contributed by atoms with Crippen LogP contribution in [0.2, 0.25) is 0 Å². The van der Waals surface area contributed by atoms with Gasteiger partial charge in [0.1, 0.15) is 11.9 Å². The summed E-state index contributed by atoms with van der Waals surface area (Å²) in [5.74, 6) is -1.06. The summed E-state index contributed by atoms with van der Waals surface area (Å²) in [6, 6.07) is 21.5. The topological polar surface area (TPSA) is 66.5 Å². The van der Waals surface area contributed by atoms with Crippen molar-refractivity contribution in [3.8, 4) is 0 Å². The molecule has 4 rings (SSSR count). The lowest BCUT2D eigenvalue weighted by atomic mass is 9.99. The molecule has 3 aromatic carbocycles. The Labute approximate surface area is 202 Å². The van der Waals surface area contributed by atoms with Crippen LogP contribution in [-0.4, -0.2) is 22.7 Å². The highest BCUT2D eigenvalue weighted by atomic mass is 32.2. The van der Waals surface area contributed by atoms with Crippen LogP contribution in [-0.2, 0) is 20.9 Å². The SMILES string of the molecule is Cc1ccc(N(C(=O)[C@H]2CSC(=O)C2)[C@H](C(=O)NCc2ccc(F)cc2)c2ccccc2)cc1. The molecule has 1 aliphatic rings. The van der Waals surface area contributed by atoms with Gasteiger partial charge in [-0.2, -0.15) is 0 Å². The van der Waals surface area contributed by atoms with Gasteiger partial charge in [0, 0.05) is 24.4 Å². The monoisotopic (exact) mass is 476 g/mol. The molecule has 2 atom stereocenters. The molecule has 5 nitrogen and oxygen atoms in total. The number of aryl methyl sites for hydroxylation is 1. The van der Waals surface area contributed by atoms with Crippen LogP contribution < -0.4 is 10.2 Å². The molecule has 2 amide bonds. The van der Waals surface area contributed by atoms with Crippen molar-refractivity contribution < 1.29 is 18.8 Å². The number of halogens is 1. The number of rotatable bonds is 7. The van der Waals surface area contributed by atoms with Crippen LogP contribution in [0.3, 0.4) is 0 Å². The van der Waals surface area contributed by atoms with E-state index in [0.717, 1.165) is 22.9 Å². The van der Waals surface area contributed by atoms with Crippen LogP contribution >= 0.6 is 11.8 Å². The second-order valence-corrected chi connectivity index (χ2v) is 9.36. The quantitative estimate of drug-likeness (QED) is 0.532. The van der Waals surface area contributed by atoms with Crippen molar-refractivity contribution in [2.45, 2.75) is 25.9 Å². The molecule has 1 fully saturated rings. The zero-order chi connectivity index (χ0) is 24.1. The van der Waals surface area contributed by atoms with Gasteiger partial charge in [-0.25, -0.2) is 4.39 Å². The van der Waals surface area contributed by atoms with E-state index in [1.807, 2.05) is 61.5 Å². The second kappa shape index (κ2) is 10.7. The molecule has 3 aromatic rings. The maximum absolute atomic E-state index is 13.7. The van der Waals surface area contributed by atoms with Gasteiger partial charge in [0.05, 0.1) is 5.92 Å². The van der Waals surface area contributed by atoms with E-state index in [1.54, 1.807) is 12.1 Å². The van der Waals surface area contributed by atoms with Crippen LogP contribution in [0.1, 0.15) is 29.2 Å². The van der Waals surface area contributed by atoms with Gasteiger partial charge in [-0.1, -0.05) is 71.9 Å². The highest BCUT2D eigenvalue weighted by Gasteiger charge is 2.39. The molecule has 7 heteroatoms. The molecule has 1 aliphatic heterocycles. The van der Waals surface area contributed by atoms with Crippen LogP contribution in [0.5, 0.6) is 0 Å². The fraction of sp³-hybridized carbons (Fsp3) is 0.222. The molecule has 1 N–H and O–H groups in total. The van der Waals surface area contributed by atoms with E-state index >= 15 is 0 Å². The Bertz CT molecular complexity index is 1170. The molecule has 0 aromatic heterocycles. The van der Waals surface area contributed by atoms with Crippen molar-refractivity contribution in [3.63, 3.8) is 0 Å². The Hall–Kier alpha value is -3.45. The number of amides is 2. The van der Waals surface area contributed by atoms with E-state index in [4.69, 9.17) is 0 Å². The predicted octanol–water partition coefficient (Wildman–Crippen LogP) is 4.80. The summed E-state index contributed by atoms with van der Waals surface area (Å²) in [4.78, 5) is 40.8. The standard InChI is InChI=1S/C27H25FN2O3S/c1-18-7-13-23(14-8-18)30(27(33)21-15-24(31)34-17-21)25(20-5-3-2-4-6-20)26(32)29-16-19-9-11-22(28)12-10-19/h2-14,21,25H,15-17H2,1H3,(H,29,32)/t21-,25+/m1/s1. The van der Waals surface area contributed by atoms with Gasteiger partial charge in [-0.15, -0.1) is 0 Å². The molecule has 0 saturated carbocycles. The number of carbonyl (C=O) groups excluding carboxylic acids is 3. The third kappa shape index (κ3) is 5.54. The molecule has 1 saturated heterocycles. The number of hydrogen-bond donors (Lipinski definition) is 1. The zero-order valence-electron chi connectivity index (χ0n) is 18.7. The fourth-order valence-corrected chi connectivity index (χ4v) is 4.88. The van der Waals surface area contributed by atoms with E-state index in [1.165, 1.54) is 17.0 Å². The molecule has 1 heterocycles. The molecule has 0 aliphatic carbocycles. The van der Waals surface area contributed by atoms with E-state index in [0.29, 0.717) is 17.0 Å². The molecular formula is C27H25FN2O3S. The van der Waals surface area contributed by atoms with Gasteiger partial charge in [0.25, 0.3) is 0 Å². The van der Waals surface area contributed by atoms with Crippen molar-refractivity contribution in [2.75, 3.05) is 10.7 Å². The van der Waals surface area contributed by atoms with Crippen molar-refractivity contribution in [1.82, 2.24) is 5.32 Å². The first-order valence-electron chi connectivity index (χ1n) is 11.0. The lowest BCUT2D eigenvalue weighted by Gasteiger charge is -2.33. The maximum Gasteiger partial charge on any atom is 0.248 e. The summed E-state index contributed by atoms with van der Waals surface area (Å²) in [5.41, 5.74) is 3.02. The first kappa shape index (κ1) is 23.7. The third-order valence-electron chi connectivity index (χ3n) is 5.76. The van der Waals surface area contributed by atoms with Gasteiger partial charge in [-0.05, 0) is 42.3 Å². The number of anilines is 1. The summed E-state index contributed by atoms with van der Waals surface area (Å²) in [6.45, 7) is 2.14. The molecule has 0 unspecified atom stereocenters. The molecule has 34 heavy (non-hydrogen) atoms. The predicted molar refractivity (Wildman–Crippen MR) is 132 cm³/mol. The number of nitrogens with zero attached hydrogens (tertiary/aromatic N) is 1.